The van der Waals surface area contributed by atoms with Gasteiger partial charge in [0.1, 0.15) is 12.1 Å². The Hall–Kier alpha value is -2.87. The molecule has 2 atom stereocenters. The number of benzene rings is 1. The van der Waals surface area contributed by atoms with Gasteiger partial charge in [-0.2, -0.15) is 0 Å². The van der Waals surface area contributed by atoms with Crippen LogP contribution >= 0.6 is 0 Å². The fourth-order valence-electron chi connectivity index (χ4n) is 3.13. The lowest BCUT2D eigenvalue weighted by Crippen LogP contribution is -2.44. The molecule has 0 saturated carbocycles. The molecule has 0 unspecified atom stereocenters. The molecular weight excluding hydrogens is 398 g/mol. The van der Waals surface area contributed by atoms with Gasteiger partial charge in [0, 0.05) is 29.9 Å². The van der Waals surface area contributed by atoms with Gasteiger partial charge in [-0.25, -0.2) is 4.79 Å². The van der Waals surface area contributed by atoms with E-state index in [9.17, 15) is 14.4 Å². The second-order valence-electron chi connectivity index (χ2n) is 7.93. The number of aromatic nitrogens is 1. The number of nitrogens with one attached hydrogen (secondary N) is 2. The van der Waals surface area contributed by atoms with Crippen molar-refractivity contribution in [2.75, 3.05) is 13.2 Å². The van der Waals surface area contributed by atoms with Crippen molar-refractivity contribution in [3.63, 3.8) is 0 Å². The minimum absolute atomic E-state index is 0.00420. The Morgan fingerprint density at radius 1 is 1.10 bits per heavy atom. The largest absolute Gasteiger partial charge is 0.465 e. The smallest absolute Gasteiger partial charge is 0.328 e. The number of hydrogen-bond donors (Lipinski definition) is 3. The number of rotatable bonds is 12. The van der Waals surface area contributed by atoms with Gasteiger partial charge in [0.2, 0.25) is 5.91 Å². The molecule has 170 valence electrons. The van der Waals surface area contributed by atoms with Crippen molar-refractivity contribution in [2.45, 2.75) is 58.5 Å². The highest BCUT2D eigenvalue weighted by atomic mass is 16.5. The summed E-state index contributed by atoms with van der Waals surface area (Å²) in [5.74, 6) is -0.970. The zero-order valence-corrected chi connectivity index (χ0v) is 18.5. The number of para-hydroxylation sites is 1. The molecule has 1 amide bonds. The molecule has 8 nitrogen and oxygen atoms in total. The van der Waals surface area contributed by atoms with Gasteiger partial charge in [0.25, 0.3) is 0 Å². The average molecular weight is 432 g/mol. The maximum atomic E-state index is 12.5. The first-order valence-electron chi connectivity index (χ1n) is 10.7. The van der Waals surface area contributed by atoms with E-state index in [2.05, 4.69) is 10.3 Å². The monoisotopic (exact) mass is 431 g/mol. The number of fused-ring (bicyclic) bond motifs is 1. The van der Waals surface area contributed by atoms with Gasteiger partial charge in [-0.1, -0.05) is 32.0 Å². The molecule has 31 heavy (non-hydrogen) atoms. The highest BCUT2D eigenvalue weighted by molar-refractivity contribution is 5.87. The molecule has 0 saturated heterocycles. The third-order valence-electron chi connectivity index (χ3n) is 4.93. The van der Waals surface area contributed by atoms with E-state index in [0.717, 1.165) is 22.9 Å². The number of H-pyrrole nitrogens is 1. The Balaban J connectivity index is 1.92. The maximum Gasteiger partial charge on any atom is 0.328 e. The lowest BCUT2D eigenvalue weighted by atomic mass is 10.0. The van der Waals surface area contributed by atoms with Crippen molar-refractivity contribution in [1.82, 2.24) is 10.3 Å². The van der Waals surface area contributed by atoms with Crippen LogP contribution in [0.5, 0.6) is 0 Å². The first kappa shape index (κ1) is 24.4. The highest BCUT2D eigenvalue weighted by Gasteiger charge is 2.25. The number of amides is 1. The van der Waals surface area contributed by atoms with Gasteiger partial charge < -0.3 is 25.5 Å². The molecule has 0 aliphatic heterocycles. The minimum Gasteiger partial charge on any atom is -0.465 e. The van der Waals surface area contributed by atoms with Crippen LogP contribution in [0.15, 0.2) is 30.5 Å². The quantitative estimate of drug-likeness (QED) is 0.444. The normalized spacial score (nSPS) is 13.1. The first-order chi connectivity index (χ1) is 14.8. The lowest BCUT2D eigenvalue weighted by molar-refractivity contribution is -0.148. The van der Waals surface area contributed by atoms with Crippen molar-refractivity contribution < 1.29 is 23.9 Å². The van der Waals surface area contributed by atoms with Gasteiger partial charge in [-0.3, -0.25) is 9.59 Å². The van der Waals surface area contributed by atoms with Crippen molar-refractivity contribution in [3.05, 3.63) is 36.0 Å². The summed E-state index contributed by atoms with van der Waals surface area (Å²) in [7, 11) is 0. The molecule has 0 aliphatic rings. The third kappa shape index (κ3) is 7.71. The Kier molecular flexibility index (Phi) is 9.52. The van der Waals surface area contributed by atoms with E-state index in [1.807, 2.05) is 44.3 Å². The molecule has 1 aromatic carbocycles. The molecule has 8 heteroatoms. The van der Waals surface area contributed by atoms with Crippen molar-refractivity contribution in [1.29, 1.82) is 0 Å². The summed E-state index contributed by atoms with van der Waals surface area (Å²) in [6, 6.07) is 6.02. The standard InChI is InChI=1S/C23H33N3O5/c1-4-30-23(29)20(13-16-14-25-19-8-6-5-7-17(16)19)26-21(27)10-9-18(24)22(28)31-12-11-15(2)3/h5-8,14-15,18,20,25H,4,9-13,24H2,1-3H3,(H,26,27)/t18-,20-/m1/s1. The number of esters is 2. The van der Waals surface area contributed by atoms with Gasteiger partial charge in [0.15, 0.2) is 0 Å². The summed E-state index contributed by atoms with van der Waals surface area (Å²) < 4.78 is 10.3. The second kappa shape index (κ2) is 12.1. The zero-order valence-electron chi connectivity index (χ0n) is 18.5. The van der Waals surface area contributed by atoms with Crippen LogP contribution in [0.2, 0.25) is 0 Å². The van der Waals surface area contributed by atoms with E-state index in [4.69, 9.17) is 15.2 Å². The number of carbonyl (C=O) groups is 3. The fourth-order valence-corrected chi connectivity index (χ4v) is 3.13. The van der Waals surface area contributed by atoms with E-state index in [1.165, 1.54) is 0 Å². The van der Waals surface area contributed by atoms with E-state index < -0.39 is 24.0 Å². The predicted octanol–water partition coefficient (Wildman–Crippen LogP) is 2.46. The Morgan fingerprint density at radius 3 is 2.55 bits per heavy atom. The summed E-state index contributed by atoms with van der Waals surface area (Å²) in [5.41, 5.74) is 7.70. The SMILES string of the molecule is CCOC(=O)[C@@H](Cc1c[nH]c2ccccc12)NC(=O)CC[C@@H](N)C(=O)OCCC(C)C. The molecule has 2 aromatic rings. The number of aromatic amines is 1. The zero-order chi connectivity index (χ0) is 22.8. The van der Waals surface area contributed by atoms with E-state index in [1.54, 1.807) is 6.92 Å². The molecule has 0 radical (unpaired) electrons. The van der Waals surface area contributed by atoms with E-state index in [-0.39, 0.29) is 31.8 Å². The van der Waals surface area contributed by atoms with Gasteiger partial charge >= 0.3 is 11.9 Å². The van der Waals surface area contributed by atoms with Crippen LogP contribution in [0.4, 0.5) is 0 Å². The first-order valence-corrected chi connectivity index (χ1v) is 10.7. The molecule has 0 spiro atoms. The summed E-state index contributed by atoms with van der Waals surface area (Å²) in [6.45, 7) is 6.31. The fraction of sp³-hybridized carbons (Fsp3) is 0.522. The number of nitrogens with two attached hydrogens (primary N) is 1. The highest BCUT2D eigenvalue weighted by Crippen LogP contribution is 2.19. The van der Waals surface area contributed by atoms with Crippen molar-refractivity contribution in [2.24, 2.45) is 11.7 Å². The minimum atomic E-state index is -0.882. The summed E-state index contributed by atoms with van der Waals surface area (Å²) in [6.07, 6.45) is 3.01. The predicted molar refractivity (Wildman–Crippen MR) is 118 cm³/mol. The molecule has 1 heterocycles. The van der Waals surface area contributed by atoms with Crippen LogP contribution in [-0.2, 0) is 30.3 Å². The summed E-state index contributed by atoms with van der Waals surface area (Å²) in [4.78, 5) is 40.0. The van der Waals surface area contributed by atoms with Crippen LogP contribution in [0, 0.1) is 5.92 Å². The van der Waals surface area contributed by atoms with Crippen LogP contribution in [0.1, 0.15) is 45.6 Å². The molecular formula is C23H33N3O5. The van der Waals surface area contributed by atoms with Gasteiger partial charge in [0.05, 0.1) is 13.2 Å². The molecule has 0 fully saturated rings. The molecule has 1 aromatic heterocycles. The topological polar surface area (TPSA) is 124 Å². The Bertz CT molecular complexity index is 877. The summed E-state index contributed by atoms with van der Waals surface area (Å²) >= 11 is 0. The number of carbonyl (C=O) groups excluding carboxylic acids is 3. The van der Waals surface area contributed by atoms with Crippen LogP contribution in [-0.4, -0.2) is 48.1 Å². The third-order valence-corrected chi connectivity index (χ3v) is 4.93. The second-order valence-corrected chi connectivity index (χ2v) is 7.93. The van der Waals surface area contributed by atoms with E-state index in [0.29, 0.717) is 12.5 Å². The Morgan fingerprint density at radius 2 is 1.84 bits per heavy atom. The van der Waals surface area contributed by atoms with Crippen molar-refractivity contribution in [3.8, 4) is 0 Å². The maximum absolute atomic E-state index is 12.5. The van der Waals surface area contributed by atoms with Crippen LogP contribution in [0.25, 0.3) is 10.9 Å². The molecule has 0 bridgehead atoms. The molecule has 0 aliphatic carbocycles. The lowest BCUT2D eigenvalue weighted by Gasteiger charge is -2.18. The van der Waals surface area contributed by atoms with Crippen LogP contribution in [0.3, 0.4) is 0 Å². The van der Waals surface area contributed by atoms with Gasteiger partial charge in [-0.15, -0.1) is 0 Å². The summed E-state index contributed by atoms with van der Waals surface area (Å²) in [5, 5.41) is 3.71. The van der Waals surface area contributed by atoms with Gasteiger partial charge in [-0.05, 0) is 37.3 Å². The van der Waals surface area contributed by atoms with Crippen LogP contribution < -0.4 is 11.1 Å². The average Bonchev–Trinajstić information content (AvgIpc) is 3.14. The van der Waals surface area contributed by atoms with E-state index >= 15 is 0 Å². The molecule has 2 rings (SSSR count). The van der Waals surface area contributed by atoms with Crippen molar-refractivity contribution >= 4 is 28.7 Å². The number of ether oxygens (including phenoxy) is 2. The molecule has 4 N–H and O–H groups in total. The number of hydrogen-bond acceptors (Lipinski definition) is 6. The Labute approximate surface area is 182 Å².